The highest BCUT2D eigenvalue weighted by atomic mass is 16.5. The van der Waals surface area contributed by atoms with E-state index in [0.29, 0.717) is 23.3 Å². The van der Waals surface area contributed by atoms with E-state index in [1.807, 2.05) is 19.9 Å². The fourth-order valence-corrected chi connectivity index (χ4v) is 3.82. The number of ether oxygens (including phenoxy) is 1. The van der Waals surface area contributed by atoms with Crippen LogP contribution in [-0.2, 0) is 16.0 Å². The second-order valence-electron chi connectivity index (χ2n) is 7.59. The number of hydrogen-bond acceptors (Lipinski definition) is 6. The third-order valence-corrected chi connectivity index (χ3v) is 5.59. The summed E-state index contributed by atoms with van der Waals surface area (Å²) in [5, 5.41) is 4.73. The Kier molecular flexibility index (Phi) is 5.69. The Labute approximate surface area is 168 Å². The lowest BCUT2D eigenvalue weighted by Crippen LogP contribution is -2.38. The molecule has 0 saturated carbocycles. The standard InChI is InChI=1S/C22H26N2O5/c1-14-13-28-19-12-20-17(10-16(14)19)15(2)18(22(26)29-20)11-21(25)23-4-3-5-24-6-8-27-9-7-24/h10,12-13H,3-9,11H2,1-2H3,(H,23,25). The fourth-order valence-electron chi connectivity index (χ4n) is 3.82. The van der Waals surface area contributed by atoms with Crippen LogP contribution in [0.1, 0.15) is 23.1 Å². The zero-order chi connectivity index (χ0) is 20.4. The van der Waals surface area contributed by atoms with Crippen molar-refractivity contribution in [2.24, 2.45) is 0 Å². The van der Waals surface area contributed by atoms with Crippen LogP contribution >= 0.6 is 0 Å². The average molecular weight is 398 g/mol. The molecule has 0 unspecified atom stereocenters. The fraction of sp³-hybridized carbons (Fsp3) is 0.455. The normalized spacial score (nSPS) is 15.2. The SMILES string of the molecule is Cc1coc2cc3oc(=O)c(CC(=O)NCCCN4CCOCC4)c(C)c3cc12. The zero-order valence-electron chi connectivity index (χ0n) is 16.9. The number of rotatable bonds is 6. The quantitative estimate of drug-likeness (QED) is 0.507. The van der Waals surface area contributed by atoms with E-state index in [1.54, 1.807) is 12.3 Å². The van der Waals surface area contributed by atoms with Crippen molar-refractivity contribution in [2.75, 3.05) is 39.4 Å². The topological polar surface area (TPSA) is 84.9 Å². The molecule has 4 rings (SSSR count). The predicted octanol–water partition coefficient (Wildman–Crippen LogP) is 2.54. The lowest BCUT2D eigenvalue weighted by atomic mass is 10.0. The number of hydrogen-bond donors (Lipinski definition) is 1. The molecule has 3 aromatic rings. The van der Waals surface area contributed by atoms with Gasteiger partial charge in [0.1, 0.15) is 11.2 Å². The molecule has 1 amide bonds. The summed E-state index contributed by atoms with van der Waals surface area (Å²) in [6.07, 6.45) is 2.57. The maximum absolute atomic E-state index is 12.5. The molecule has 1 saturated heterocycles. The van der Waals surface area contributed by atoms with Crippen molar-refractivity contribution >= 4 is 27.8 Å². The molecule has 0 radical (unpaired) electrons. The minimum absolute atomic E-state index is 0.0179. The van der Waals surface area contributed by atoms with Gasteiger partial charge in [0.05, 0.1) is 31.5 Å². The van der Waals surface area contributed by atoms with Gasteiger partial charge in [-0.25, -0.2) is 4.79 Å². The van der Waals surface area contributed by atoms with Crippen molar-refractivity contribution < 1.29 is 18.4 Å². The van der Waals surface area contributed by atoms with Crippen LogP contribution in [0.5, 0.6) is 0 Å². The summed E-state index contributed by atoms with van der Waals surface area (Å²) in [7, 11) is 0. The average Bonchev–Trinajstić information content (AvgIpc) is 3.08. The van der Waals surface area contributed by atoms with Gasteiger partial charge in [-0.15, -0.1) is 0 Å². The number of fused-ring (bicyclic) bond motifs is 2. The molecule has 1 N–H and O–H groups in total. The van der Waals surface area contributed by atoms with Crippen molar-refractivity contribution in [3.05, 3.63) is 45.5 Å². The van der Waals surface area contributed by atoms with Gasteiger partial charge < -0.3 is 18.9 Å². The molecular formula is C22H26N2O5. The summed E-state index contributed by atoms with van der Waals surface area (Å²) in [5.74, 6) is -0.165. The van der Waals surface area contributed by atoms with Gasteiger partial charge in [-0.3, -0.25) is 9.69 Å². The number of amides is 1. The molecule has 0 atom stereocenters. The minimum Gasteiger partial charge on any atom is -0.464 e. The van der Waals surface area contributed by atoms with E-state index in [1.165, 1.54) is 0 Å². The van der Waals surface area contributed by atoms with E-state index < -0.39 is 5.63 Å². The van der Waals surface area contributed by atoms with Crippen LogP contribution in [0, 0.1) is 13.8 Å². The van der Waals surface area contributed by atoms with Gasteiger partial charge in [0.2, 0.25) is 5.91 Å². The Morgan fingerprint density at radius 2 is 1.93 bits per heavy atom. The summed E-state index contributed by atoms with van der Waals surface area (Å²) in [5.41, 5.74) is 2.89. The first-order chi connectivity index (χ1) is 14.0. The first kappa shape index (κ1) is 19.7. The summed E-state index contributed by atoms with van der Waals surface area (Å²) in [6.45, 7) is 8.77. The summed E-state index contributed by atoms with van der Waals surface area (Å²) in [4.78, 5) is 27.2. The highest BCUT2D eigenvalue weighted by Crippen LogP contribution is 2.28. The van der Waals surface area contributed by atoms with Gasteiger partial charge in [-0.05, 0) is 44.0 Å². The number of benzene rings is 1. The van der Waals surface area contributed by atoms with E-state index in [9.17, 15) is 9.59 Å². The molecule has 1 aliphatic rings. The van der Waals surface area contributed by atoms with Crippen molar-refractivity contribution in [3.63, 3.8) is 0 Å². The first-order valence-corrected chi connectivity index (χ1v) is 10.0. The molecule has 7 heteroatoms. The second-order valence-corrected chi connectivity index (χ2v) is 7.59. The van der Waals surface area contributed by atoms with E-state index in [-0.39, 0.29) is 12.3 Å². The second kappa shape index (κ2) is 8.39. The van der Waals surface area contributed by atoms with E-state index in [0.717, 1.165) is 61.2 Å². The number of furan rings is 1. The zero-order valence-corrected chi connectivity index (χ0v) is 16.9. The van der Waals surface area contributed by atoms with Gasteiger partial charge in [0, 0.05) is 36.5 Å². The third kappa shape index (κ3) is 4.21. The molecule has 154 valence electrons. The van der Waals surface area contributed by atoms with Gasteiger partial charge >= 0.3 is 5.63 Å². The minimum atomic E-state index is -0.471. The number of nitrogens with zero attached hydrogens (tertiary/aromatic N) is 1. The molecule has 7 nitrogen and oxygen atoms in total. The number of aryl methyl sites for hydroxylation is 2. The Balaban J connectivity index is 1.44. The van der Waals surface area contributed by atoms with Crippen LogP contribution in [0.25, 0.3) is 21.9 Å². The Bertz CT molecular complexity index is 1090. The Hall–Kier alpha value is -2.64. The van der Waals surface area contributed by atoms with E-state index >= 15 is 0 Å². The maximum Gasteiger partial charge on any atom is 0.340 e. The van der Waals surface area contributed by atoms with Crippen LogP contribution in [0.3, 0.4) is 0 Å². The number of nitrogens with one attached hydrogen (secondary N) is 1. The number of carbonyl (C=O) groups excluding carboxylic acids is 1. The highest BCUT2D eigenvalue weighted by Gasteiger charge is 2.17. The van der Waals surface area contributed by atoms with Crippen molar-refractivity contribution in [3.8, 4) is 0 Å². The Morgan fingerprint density at radius 3 is 2.72 bits per heavy atom. The molecule has 1 fully saturated rings. The van der Waals surface area contributed by atoms with Gasteiger partial charge in [0.25, 0.3) is 0 Å². The lowest BCUT2D eigenvalue weighted by Gasteiger charge is -2.26. The Morgan fingerprint density at radius 1 is 1.14 bits per heavy atom. The van der Waals surface area contributed by atoms with Gasteiger partial charge in [-0.1, -0.05) is 0 Å². The highest BCUT2D eigenvalue weighted by molar-refractivity contribution is 5.96. The van der Waals surface area contributed by atoms with Gasteiger partial charge in [-0.2, -0.15) is 0 Å². The van der Waals surface area contributed by atoms with Crippen LogP contribution in [0.15, 0.2) is 32.0 Å². The lowest BCUT2D eigenvalue weighted by molar-refractivity contribution is -0.120. The number of morpholine rings is 1. The summed E-state index contributed by atoms with van der Waals surface area (Å²) >= 11 is 0. The van der Waals surface area contributed by atoms with Crippen molar-refractivity contribution in [1.29, 1.82) is 0 Å². The molecule has 29 heavy (non-hydrogen) atoms. The predicted molar refractivity (Wildman–Crippen MR) is 110 cm³/mol. The monoisotopic (exact) mass is 398 g/mol. The third-order valence-electron chi connectivity index (χ3n) is 5.59. The summed E-state index contributed by atoms with van der Waals surface area (Å²) < 4.78 is 16.3. The number of carbonyl (C=O) groups is 1. The van der Waals surface area contributed by atoms with Crippen LogP contribution in [-0.4, -0.2) is 50.2 Å². The van der Waals surface area contributed by atoms with Crippen LogP contribution < -0.4 is 10.9 Å². The van der Waals surface area contributed by atoms with Crippen molar-refractivity contribution in [2.45, 2.75) is 26.7 Å². The molecule has 1 aromatic carbocycles. The van der Waals surface area contributed by atoms with Crippen LogP contribution in [0.4, 0.5) is 0 Å². The van der Waals surface area contributed by atoms with E-state index in [2.05, 4.69) is 10.2 Å². The van der Waals surface area contributed by atoms with Crippen LogP contribution in [0.2, 0.25) is 0 Å². The van der Waals surface area contributed by atoms with Crippen molar-refractivity contribution in [1.82, 2.24) is 10.2 Å². The molecular weight excluding hydrogens is 372 g/mol. The first-order valence-electron chi connectivity index (χ1n) is 10.0. The molecule has 1 aliphatic heterocycles. The largest absolute Gasteiger partial charge is 0.464 e. The smallest absolute Gasteiger partial charge is 0.340 e. The molecule has 0 spiro atoms. The molecule has 0 bridgehead atoms. The van der Waals surface area contributed by atoms with E-state index in [4.69, 9.17) is 13.6 Å². The summed E-state index contributed by atoms with van der Waals surface area (Å²) in [6, 6.07) is 3.70. The molecule has 0 aliphatic carbocycles. The molecule has 2 aromatic heterocycles. The maximum atomic E-state index is 12.5. The molecule has 3 heterocycles. The van der Waals surface area contributed by atoms with Gasteiger partial charge in [0.15, 0.2) is 0 Å².